The van der Waals surface area contributed by atoms with Crippen LogP contribution in [-0.4, -0.2) is 17.1 Å². The van der Waals surface area contributed by atoms with E-state index in [9.17, 15) is 4.79 Å². The molecule has 1 amide bonds. The van der Waals surface area contributed by atoms with E-state index in [0.29, 0.717) is 17.0 Å². The van der Waals surface area contributed by atoms with Gasteiger partial charge in [0.25, 0.3) is 5.91 Å². The van der Waals surface area contributed by atoms with Crippen LogP contribution in [0.15, 0.2) is 70.4 Å². The van der Waals surface area contributed by atoms with Gasteiger partial charge < -0.3 is 4.42 Å². The van der Waals surface area contributed by atoms with Crippen molar-refractivity contribution in [2.45, 2.75) is 6.92 Å². The number of fused-ring (bicyclic) bond motifs is 1. The first kappa shape index (κ1) is 16.2. The van der Waals surface area contributed by atoms with Crippen molar-refractivity contribution in [2.75, 3.05) is 0 Å². The van der Waals surface area contributed by atoms with Gasteiger partial charge in [0.15, 0.2) is 5.76 Å². The molecule has 0 fully saturated rings. The number of aryl methyl sites for hydroxylation is 1. The van der Waals surface area contributed by atoms with Crippen molar-refractivity contribution < 1.29 is 9.21 Å². The SMILES string of the molecule is Cc1ccc(/C=N\NC(=O)c2cc(-c3ccco3)nc3ccccc23)s1. The maximum absolute atomic E-state index is 12.7. The van der Waals surface area contributed by atoms with Crippen LogP contribution in [-0.2, 0) is 0 Å². The van der Waals surface area contributed by atoms with Crippen LogP contribution in [0.2, 0.25) is 0 Å². The number of pyridine rings is 1. The maximum Gasteiger partial charge on any atom is 0.272 e. The summed E-state index contributed by atoms with van der Waals surface area (Å²) in [4.78, 5) is 19.5. The lowest BCUT2D eigenvalue weighted by Gasteiger charge is -2.07. The molecule has 1 aromatic carbocycles. The molecular formula is C20H15N3O2S. The summed E-state index contributed by atoms with van der Waals surface area (Å²) in [6, 6.07) is 16.8. The Balaban J connectivity index is 1.67. The summed E-state index contributed by atoms with van der Waals surface area (Å²) in [6.07, 6.45) is 3.23. The topological polar surface area (TPSA) is 67.5 Å². The summed E-state index contributed by atoms with van der Waals surface area (Å²) < 4.78 is 5.42. The van der Waals surface area contributed by atoms with Crippen LogP contribution in [0, 0.1) is 6.92 Å². The Morgan fingerprint density at radius 1 is 1.19 bits per heavy atom. The van der Waals surface area contributed by atoms with Gasteiger partial charge in [0.2, 0.25) is 0 Å². The zero-order valence-electron chi connectivity index (χ0n) is 14.0. The Bertz CT molecular complexity index is 1100. The van der Waals surface area contributed by atoms with E-state index in [1.807, 2.05) is 49.4 Å². The summed E-state index contributed by atoms with van der Waals surface area (Å²) in [5, 5.41) is 4.84. The Labute approximate surface area is 154 Å². The molecule has 0 aliphatic heterocycles. The third-order valence-corrected chi connectivity index (χ3v) is 4.79. The van der Waals surface area contributed by atoms with Gasteiger partial charge in [-0.3, -0.25) is 4.79 Å². The molecule has 0 atom stereocenters. The zero-order chi connectivity index (χ0) is 17.9. The van der Waals surface area contributed by atoms with Crippen molar-refractivity contribution in [3.8, 4) is 11.5 Å². The van der Waals surface area contributed by atoms with Gasteiger partial charge in [0, 0.05) is 15.1 Å². The average molecular weight is 361 g/mol. The van der Waals surface area contributed by atoms with Crippen molar-refractivity contribution >= 4 is 34.4 Å². The zero-order valence-corrected chi connectivity index (χ0v) is 14.8. The highest BCUT2D eigenvalue weighted by Gasteiger charge is 2.14. The second-order valence-corrected chi connectivity index (χ2v) is 7.02. The van der Waals surface area contributed by atoms with Crippen LogP contribution < -0.4 is 5.43 Å². The highest BCUT2D eigenvalue weighted by atomic mass is 32.1. The Morgan fingerprint density at radius 2 is 2.08 bits per heavy atom. The van der Waals surface area contributed by atoms with Crippen molar-refractivity contribution in [2.24, 2.45) is 5.10 Å². The minimum absolute atomic E-state index is 0.291. The normalized spacial score (nSPS) is 11.3. The molecule has 3 aromatic heterocycles. The van der Waals surface area contributed by atoms with Crippen LogP contribution in [0.5, 0.6) is 0 Å². The fraction of sp³-hybridized carbons (Fsp3) is 0.0500. The van der Waals surface area contributed by atoms with Gasteiger partial charge >= 0.3 is 0 Å². The number of nitrogens with zero attached hydrogens (tertiary/aromatic N) is 2. The molecule has 3 heterocycles. The Hall–Kier alpha value is -3.25. The van der Waals surface area contributed by atoms with E-state index in [1.165, 1.54) is 4.88 Å². The fourth-order valence-corrected chi connectivity index (χ4v) is 3.40. The third-order valence-electron chi connectivity index (χ3n) is 3.85. The molecule has 0 spiro atoms. The molecule has 0 saturated carbocycles. The standard InChI is InChI=1S/C20H15N3O2S/c1-13-8-9-14(26-13)12-21-23-20(24)16-11-18(19-7-4-10-25-19)22-17-6-3-2-5-15(16)17/h2-12H,1H3,(H,23,24)/b21-12-. The number of para-hydroxylation sites is 1. The predicted molar refractivity (Wildman–Crippen MR) is 104 cm³/mol. The molecule has 0 aliphatic rings. The van der Waals surface area contributed by atoms with Crippen LogP contribution in [0.1, 0.15) is 20.1 Å². The molecular weight excluding hydrogens is 346 g/mol. The first-order chi connectivity index (χ1) is 12.7. The predicted octanol–water partition coefficient (Wildman–Crippen LogP) is 4.63. The van der Waals surface area contributed by atoms with Crippen molar-refractivity contribution in [3.05, 3.63) is 76.2 Å². The van der Waals surface area contributed by atoms with E-state index >= 15 is 0 Å². The molecule has 1 N–H and O–H groups in total. The first-order valence-electron chi connectivity index (χ1n) is 8.04. The van der Waals surface area contributed by atoms with E-state index in [-0.39, 0.29) is 5.91 Å². The van der Waals surface area contributed by atoms with Crippen LogP contribution >= 0.6 is 11.3 Å². The fourth-order valence-electron chi connectivity index (χ4n) is 2.65. The van der Waals surface area contributed by atoms with Crippen molar-refractivity contribution in [1.29, 1.82) is 0 Å². The number of carbonyl (C=O) groups excluding carboxylic acids is 1. The second-order valence-electron chi connectivity index (χ2n) is 5.70. The molecule has 0 aliphatic carbocycles. The number of benzene rings is 1. The number of hydrogen-bond acceptors (Lipinski definition) is 5. The number of nitrogens with one attached hydrogen (secondary N) is 1. The third kappa shape index (κ3) is 3.27. The van der Waals surface area contributed by atoms with Crippen LogP contribution in [0.3, 0.4) is 0 Å². The number of furan rings is 1. The summed E-state index contributed by atoms with van der Waals surface area (Å²) in [5.41, 5.74) is 4.44. The highest BCUT2D eigenvalue weighted by Crippen LogP contribution is 2.25. The molecule has 0 radical (unpaired) electrons. The van der Waals surface area contributed by atoms with E-state index < -0.39 is 0 Å². The minimum Gasteiger partial charge on any atom is -0.463 e. The molecule has 0 saturated heterocycles. The quantitative estimate of drug-likeness (QED) is 0.426. The van der Waals surface area contributed by atoms with Gasteiger partial charge in [-0.15, -0.1) is 11.3 Å². The van der Waals surface area contributed by atoms with E-state index in [1.54, 1.807) is 35.9 Å². The van der Waals surface area contributed by atoms with Gasteiger partial charge in [-0.1, -0.05) is 18.2 Å². The molecule has 26 heavy (non-hydrogen) atoms. The lowest BCUT2D eigenvalue weighted by atomic mass is 10.1. The first-order valence-corrected chi connectivity index (χ1v) is 8.86. The molecule has 0 unspecified atom stereocenters. The lowest BCUT2D eigenvalue weighted by Crippen LogP contribution is -2.18. The van der Waals surface area contributed by atoms with Crippen molar-refractivity contribution in [3.63, 3.8) is 0 Å². The molecule has 4 aromatic rings. The number of aromatic nitrogens is 1. The van der Waals surface area contributed by atoms with Crippen molar-refractivity contribution in [1.82, 2.24) is 10.4 Å². The molecule has 0 bridgehead atoms. The number of thiophene rings is 1. The Kier molecular flexibility index (Phi) is 4.33. The second kappa shape index (κ2) is 6.93. The summed E-state index contributed by atoms with van der Waals surface area (Å²) in [6.45, 7) is 2.03. The van der Waals surface area contributed by atoms with Gasteiger partial charge in [-0.25, -0.2) is 10.4 Å². The van der Waals surface area contributed by atoms with Gasteiger partial charge in [0.1, 0.15) is 5.69 Å². The van der Waals surface area contributed by atoms with Gasteiger partial charge in [-0.2, -0.15) is 5.10 Å². The van der Waals surface area contributed by atoms with E-state index in [4.69, 9.17) is 4.42 Å². The number of carbonyl (C=O) groups is 1. The van der Waals surface area contributed by atoms with Crippen LogP contribution in [0.4, 0.5) is 0 Å². The lowest BCUT2D eigenvalue weighted by molar-refractivity contribution is 0.0957. The Morgan fingerprint density at radius 3 is 2.85 bits per heavy atom. The largest absolute Gasteiger partial charge is 0.463 e. The minimum atomic E-state index is -0.291. The number of amides is 1. The highest BCUT2D eigenvalue weighted by molar-refractivity contribution is 7.13. The average Bonchev–Trinajstić information content (AvgIpc) is 3.32. The maximum atomic E-state index is 12.7. The summed E-state index contributed by atoms with van der Waals surface area (Å²) >= 11 is 1.62. The molecule has 128 valence electrons. The van der Waals surface area contributed by atoms with Gasteiger partial charge in [0.05, 0.1) is 23.6 Å². The number of rotatable bonds is 4. The van der Waals surface area contributed by atoms with E-state index in [0.717, 1.165) is 15.8 Å². The summed E-state index contributed by atoms with van der Waals surface area (Å²) in [5.74, 6) is 0.322. The summed E-state index contributed by atoms with van der Waals surface area (Å²) in [7, 11) is 0. The van der Waals surface area contributed by atoms with Crippen LogP contribution in [0.25, 0.3) is 22.4 Å². The van der Waals surface area contributed by atoms with E-state index in [2.05, 4.69) is 15.5 Å². The molecule has 5 nitrogen and oxygen atoms in total. The number of hydrogen-bond donors (Lipinski definition) is 1. The number of hydrazone groups is 1. The molecule has 6 heteroatoms. The monoisotopic (exact) mass is 361 g/mol. The van der Waals surface area contributed by atoms with Gasteiger partial charge in [-0.05, 0) is 43.3 Å². The smallest absolute Gasteiger partial charge is 0.272 e. The molecule has 4 rings (SSSR count).